The minimum absolute atomic E-state index is 0.0387. The summed E-state index contributed by atoms with van der Waals surface area (Å²) in [6, 6.07) is 4.80. The second-order valence-electron chi connectivity index (χ2n) is 6.51. The molecule has 0 radical (unpaired) electrons. The van der Waals surface area contributed by atoms with Gasteiger partial charge in [-0.25, -0.2) is 9.97 Å². The van der Waals surface area contributed by atoms with E-state index in [9.17, 15) is 0 Å². The van der Waals surface area contributed by atoms with Gasteiger partial charge in [-0.1, -0.05) is 37.2 Å². The highest BCUT2D eigenvalue weighted by molar-refractivity contribution is 5.80. The van der Waals surface area contributed by atoms with E-state index in [1.54, 1.807) is 24.4 Å². The lowest BCUT2D eigenvalue weighted by atomic mass is 10.0. The van der Waals surface area contributed by atoms with Crippen molar-refractivity contribution in [3.8, 4) is 28.2 Å². The Morgan fingerprint density at radius 1 is 1.17 bits per heavy atom. The van der Waals surface area contributed by atoms with Crippen LogP contribution in [0.2, 0.25) is 0 Å². The first-order valence-electron chi connectivity index (χ1n) is 15.0. The number of hydrogen-bond acceptors (Lipinski definition) is 6. The highest BCUT2D eigenvalue weighted by Gasteiger charge is 2.35. The quantitative estimate of drug-likeness (QED) is 0.495. The van der Waals surface area contributed by atoms with Crippen molar-refractivity contribution in [2.45, 2.75) is 39.0 Å². The van der Waals surface area contributed by atoms with Crippen LogP contribution >= 0.6 is 0 Å². The Kier molecular flexibility index (Phi) is 2.31. The van der Waals surface area contributed by atoms with E-state index < -0.39 is 50.6 Å². The predicted octanol–water partition coefficient (Wildman–Crippen LogP) is 4.47. The summed E-state index contributed by atoms with van der Waals surface area (Å²) in [6.45, 7) is -10.7. The van der Waals surface area contributed by atoms with Crippen molar-refractivity contribution in [1.82, 2.24) is 29.7 Å². The molecule has 7 nitrogen and oxygen atoms in total. The van der Waals surface area contributed by atoms with Gasteiger partial charge in [0, 0.05) is 44.6 Å². The minimum atomic E-state index is -3.63. The standard InChI is InChI=1S/C23H23N7/c1-4-19-23-28-26-14-29(23)20-13-25-21(27-22(20)30(19)15(2)3)17-10-11-24-12-18(17)16-8-6-5-7-9-16/h5-15,19H,4H2,1-3H3/t19-/m1/s1/i1D3,2D3,3D3,4D2,15D. The Bertz CT molecular complexity index is 1600. The van der Waals surface area contributed by atoms with Gasteiger partial charge in [0.15, 0.2) is 17.5 Å². The summed E-state index contributed by atoms with van der Waals surface area (Å²) in [5.41, 5.74) is 1.64. The van der Waals surface area contributed by atoms with E-state index in [4.69, 9.17) is 16.4 Å². The zero-order chi connectivity index (χ0) is 30.9. The number of anilines is 1. The maximum absolute atomic E-state index is 9.03. The molecule has 150 valence electrons. The molecule has 1 aliphatic heterocycles. The summed E-state index contributed by atoms with van der Waals surface area (Å²) in [5, 5.41) is 7.60. The molecule has 3 aromatic heterocycles. The molecule has 30 heavy (non-hydrogen) atoms. The van der Waals surface area contributed by atoms with Crippen molar-refractivity contribution < 1.29 is 16.4 Å². The predicted molar refractivity (Wildman–Crippen MR) is 116 cm³/mol. The summed E-state index contributed by atoms with van der Waals surface area (Å²) >= 11 is 0. The fourth-order valence-electron chi connectivity index (χ4n) is 3.50. The number of aromatic nitrogens is 6. The number of pyridine rings is 1. The summed E-state index contributed by atoms with van der Waals surface area (Å²) in [7, 11) is 0. The summed E-state index contributed by atoms with van der Waals surface area (Å²) in [6.07, 6.45) is 2.03. The fourth-order valence-corrected chi connectivity index (χ4v) is 3.50. The number of rotatable bonds is 4. The van der Waals surface area contributed by atoms with Gasteiger partial charge in [-0.15, -0.1) is 10.2 Å². The van der Waals surface area contributed by atoms with Crippen LogP contribution in [0.5, 0.6) is 0 Å². The number of benzene rings is 1. The molecule has 7 heteroatoms. The van der Waals surface area contributed by atoms with Gasteiger partial charge >= 0.3 is 0 Å². The fraction of sp³-hybridized carbons (Fsp3) is 0.261. The zero-order valence-electron chi connectivity index (χ0n) is 27.5. The van der Waals surface area contributed by atoms with Crippen molar-refractivity contribution >= 4 is 5.82 Å². The third-order valence-electron chi connectivity index (χ3n) is 4.84. The zero-order valence-corrected chi connectivity index (χ0v) is 15.5. The van der Waals surface area contributed by atoms with Crippen LogP contribution in [0.25, 0.3) is 28.2 Å². The van der Waals surface area contributed by atoms with E-state index >= 15 is 0 Å². The lowest BCUT2D eigenvalue weighted by Gasteiger charge is -2.39. The monoisotopic (exact) mass is 409 g/mol. The molecule has 0 unspecified atom stereocenters. The molecule has 0 aliphatic carbocycles. The molecule has 0 spiro atoms. The normalized spacial score (nSPS) is 23.2. The van der Waals surface area contributed by atoms with E-state index in [1.165, 1.54) is 12.4 Å². The topological polar surface area (TPSA) is 72.6 Å². The molecule has 1 aliphatic rings. The summed E-state index contributed by atoms with van der Waals surface area (Å²) in [4.78, 5) is 13.5. The molecule has 0 saturated carbocycles. The molecule has 0 fully saturated rings. The van der Waals surface area contributed by atoms with Crippen LogP contribution in [0, 0.1) is 0 Å². The van der Waals surface area contributed by atoms with Crippen LogP contribution < -0.4 is 4.90 Å². The molecule has 4 aromatic rings. The first kappa shape index (κ1) is 9.47. The van der Waals surface area contributed by atoms with E-state index in [-0.39, 0.29) is 11.5 Å². The van der Waals surface area contributed by atoms with Crippen LogP contribution in [0.15, 0.2) is 61.3 Å². The Labute approximate surface area is 192 Å². The third kappa shape index (κ3) is 2.85. The van der Waals surface area contributed by atoms with E-state index in [0.717, 1.165) is 16.5 Å². The minimum Gasteiger partial charge on any atom is -0.342 e. The molecule has 0 N–H and O–H groups in total. The largest absolute Gasteiger partial charge is 0.342 e. The van der Waals surface area contributed by atoms with Gasteiger partial charge in [0.05, 0.1) is 13.6 Å². The Morgan fingerprint density at radius 2 is 2.07 bits per heavy atom. The van der Waals surface area contributed by atoms with Crippen LogP contribution in [0.3, 0.4) is 0 Å². The Balaban J connectivity index is 1.87. The molecule has 1 aromatic carbocycles. The Morgan fingerprint density at radius 3 is 2.90 bits per heavy atom. The van der Waals surface area contributed by atoms with Crippen molar-refractivity contribution in [2.24, 2.45) is 0 Å². The van der Waals surface area contributed by atoms with Gasteiger partial charge in [-0.2, -0.15) is 0 Å². The average Bonchev–Trinajstić information content (AvgIpc) is 3.40. The van der Waals surface area contributed by atoms with Crippen LogP contribution in [-0.2, 0) is 0 Å². The lowest BCUT2D eigenvalue weighted by Crippen LogP contribution is -2.40. The third-order valence-corrected chi connectivity index (χ3v) is 4.84. The molecule has 5 rings (SSSR count). The van der Waals surface area contributed by atoms with E-state index in [2.05, 4.69) is 25.1 Å². The SMILES string of the molecule is [2H]C([2H])([2H])C([2H])([2H])[C@@H]1c2nncn2-c2cnc(-c3ccncc3-c3ccccc3)nc2N1C([2H])(C([2H])([2H])[2H])C([2H])([2H])[2H]. The second-order valence-corrected chi connectivity index (χ2v) is 6.51. The molecule has 4 heterocycles. The molecule has 0 saturated heterocycles. The molecule has 1 atom stereocenters. The van der Waals surface area contributed by atoms with Gasteiger partial charge in [-0.3, -0.25) is 9.55 Å². The van der Waals surface area contributed by atoms with Crippen molar-refractivity contribution in [3.63, 3.8) is 0 Å². The van der Waals surface area contributed by atoms with Gasteiger partial charge < -0.3 is 4.90 Å². The van der Waals surface area contributed by atoms with Crippen LogP contribution in [0.4, 0.5) is 5.82 Å². The number of nitrogens with zero attached hydrogens (tertiary/aromatic N) is 7. The molecule has 0 bridgehead atoms. The van der Waals surface area contributed by atoms with Crippen molar-refractivity contribution in [1.29, 1.82) is 0 Å². The highest BCUT2D eigenvalue weighted by Crippen LogP contribution is 2.40. The first-order chi connectivity index (χ1) is 19.4. The smallest absolute Gasteiger partial charge is 0.162 e. The van der Waals surface area contributed by atoms with Crippen molar-refractivity contribution in [2.75, 3.05) is 4.90 Å². The Hall–Kier alpha value is -3.61. The molecular formula is C23H23N7. The lowest BCUT2D eigenvalue weighted by molar-refractivity contribution is 0.497. The maximum atomic E-state index is 9.03. The van der Waals surface area contributed by atoms with Gasteiger partial charge in [-0.05, 0) is 31.7 Å². The van der Waals surface area contributed by atoms with Gasteiger partial charge in [0.25, 0.3) is 0 Å². The summed E-state index contributed by atoms with van der Waals surface area (Å²) < 4.78 is 100. The van der Waals surface area contributed by atoms with Crippen molar-refractivity contribution in [3.05, 3.63) is 67.1 Å². The molecular weight excluding hydrogens is 374 g/mol. The average molecular weight is 410 g/mol. The first-order valence-corrected chi connectivity index (χ1v) is 8.98. The molecule has 0 amide bonds. The van der Waals surface area contributed by atoms with E-state index in [0.29, 0.717) is 16.0 Å². The second kappa shape index (κ2) is 7.33. The number of fused-ring (bicyclic) bond motifs is 3. The van der Waals surface area contributed by atoms with Gasteiger partial charge in [0.1, 0.15) is 12.0 Å². The highest BCUT2D eigenvalue weighted by atomic mass is 15.4. The van der Waals surface area contributed by atoms with E-state index in [1.807, 2.05) is 18.2 Å². The summed E-state index contributed by atoms with van der Waals surface area (Å²) in [5.74, 6) is -0.967. The van der Waals surface area contributed by atoms with Crippen LogP contribution in [-0.4, -0.2) is 35.7 Å². The maximum Gasteiger partial charge on any atom is 0.162 e. The van der Waals surface area contributed by atoms with Crippen LogP contribution in [0.1, 0.15) is 55.2 Å². The van der Waals surface area contributed by atoms with Gasteiger partial charge in [0.2, 0.25) is 0 Å². The number of hydrogen-bond donors (Lipinski definition) is 0.